The van der Waals surface area contributed by atoms with E-state index in [0.717, 1.165) is 0 Å². The molecule has 4 N–H and O–H groups in total. The van der Waals surface area contributed by atoms with E-state index in [-0.39, 0.29) is 47.5 Å². The number of nitrogens with zero attached hydrogens (tertiary/aromatic N) is 1. The molecule has 0 aliphatic carbocycles. The fourth-order valence-electron chi connectivity index (χ4n) is 3.34. The Morgan fingerprint density at radius 2 is 1.79 bits per heavy atom. The lowest BCUT2D eigenvalue weighted by molar-refractivity contribution is -0.146. The summed E-state index contributed by atoms with van der Waals surface area (Å²) in [5, 5.41) is 19.2. The molecule has 3 aromatic rings. The molecule has 1 aromatic heterocycles. The number of amides is 3. The average Bonchev–Trinajstić information content (AvgIpc) is 3.44. The quantitative estimate of drug-likeness (QED) is 0.245. The number of thiophene rings is 1. The summed E-state index contributed by atoms with van der Waals surface area (Å²) in [4.78, 5) is 53.0. The minimum atomic E-state index is -1.18. The van der Waals surface area contributed by atoms with E-state index >= 15 is 0 Å². The third kappa shape index (κ3) is 9.10. The summed E-state index contributed by atoms with van der Waals surface area (Å²) in [5.74, 6) is -2.11. The van der Waals surface area contributed by atoms with E-state index < -0.39 is 23.8 Å². The largest absolute Gasteiger partial charge is 0.508 e. The van der Waals surface area contributed by atoms with Gasteiger partial charge < -0.3 is 30.7 Å². The van der Waals surface area contributed by atoms with Crippen molar-refractivity contribution in [1.29, 1.82) is 0 Å². The van der Waals surface area contributed by atoms with Gasteiger partial charge in [-0.05, 0) is 61.4 Å². The highest BCUT2D eigenvalue weighted by atomic mass is 35.5. The van der Waals surface area contributed by atoms with Crippen LogP contribution >= 0.6 is 22.9 Å². The molecule has 2 aromatic carbocycles. The lowest BCUT2D eigenvalue weighted by atomic mass is 10.1. The summed E-state index contributed by atoms with van der Waals surface area (Å²) in [6.45, 7) is 0.567. The molecule has 12 heteroatoms. The first-order chi connectivity index (χ1) is 18.6. The molecule has 0 fully saturated rings. The molecule has 0 saturated heterocycles. The number of esters is 1. The molecule has 3 amide bonds. The van der Waals surface area contributed by atoms with Crippen molar-refractivity contribution >= 4 is 46.6 Å². The number of ether oxygens (including phenoxy) is 1. The molecule has 10 nitrogen and oxygen atoms in total. The molecule has 0 saturated carbocycles. The van der Waals surface area contributed by atoms with Crippen LogP contribution < -0.4 is 16.0 Å². The van der Waals surface area contributed by atoms with Crippen LogP contribution in [0.5, 0.6) is 5.75 Å². The minimum absolute atomic E-state index is 0.000137. The first-order valence-corrected chi connectivity index (χ1v) is 13.2. The second-order valence-electron chi connectivity index (χ2n) is 8.73. The van der Waals surface area contributed by atoms with Crippen LogP contribution in [0.25, 0.3) is 0 Å². The van der Waals surface area contributed by atoms with Crippen molar-refractivity contribution in [3.05, 3.63) is 86.6 Å². The zero-order chi connectivity index (χ0) is 28.4. The van der Waals surface area contributed by atoms with Crippen molar-refractivity contribution in [2.75, 3.05) is 33.8 Å². The van der Waals surface area contributed by atoms with Crippen LogP contribution in [0.15, 0.2) is 60.0 Å². The van der Waals surface area contributed by atoms with Crippen LogP contribution in [-0.2, 0) is 16.1 Å². The zero-order valence-electron chi connectivity index (χ0n) is 21.4. The van der Waals surface area contributed by atoms with Gasteiger partial charge in [-0.15, -0.1) is 11.3 Å². The molecule has 0 unspecified atom stereocenters. The molecule has 3 rings (SSSR count). The van der Waals surface area contributed by atoms with E-state index in [9.17, 15) is 24.3 Å². The third-order valence-corrected chi connectivity index (χ3v) is 6.61. The summed E-state index contributed by atoms with van der Waals surface area (Å²) >= 11 is 7.56. The van der Waals surface area contributed by atoms with Gasteiger partial charge in [0, 0.05) is 25.2 Å². The van der Waals surface area contributed by atoms with Crippen LogP contribution in [0.4, 0.5) is 0 Å². The Balaban J connectivity index is 1.65. The summed E-state index contributed by atoms with van der Waals surface area (Å²) in [5.41, 5.74) is 0.969. The number of rotatable bonds is 12. The van der Waals surface area contributed by atoms with E-state index in [0.29, 0.717) is 17.0 Å². The highest BCUT2D eigenvalue weighted by Gasteiger charge is 2.25. The lowest BCUT2D eigenvalue weighted by Gasteiger charge is -2.19. The van der Waals surface area contributed by atoms with E-state index in [1.807, 2.05) is 19.0 Å². The Morgan fingerprint density at radius 1 is 1.00 bits per heavy atom. The van der Waals surface area contributed by atoms with Crippen LogP contribution in [0, 0.1) is 0 Å². The van der Waals surface area contributed by atoms with Gasteiger partial charge in [0.1, 0.15) is 18.4 Å². The maximum Gasteiger partial charge on any atom is 0.330 e. The molecular formula is C27H29ClN4O6S. The first kappa shape index (κ1) is 29.6. The fraction of sp³-hybridized carbons (Fsp3) is 0.259. The molecular weight excluding hydrogens is 544 g/mol. The number of carbonyl (C=O) groups is 4. The van der Waals surface area contributed by atoms with E-state index in [4.69, 9.17) is 16.3 Å². The smallest absolute Gasteiger partial charge is 0.330 e. The topological polar surface area (TPSA) is 137 Å². The number of halogens is 1. The minimum Gasteiger partial charge on any atom is -0.508 e. The number of phenolic OH excluding ortho intramolecular Hbond substituents is 1. The van der Waals surface area contributed by atoms with Crippen LogP contribution in [0.3, 0.4) is 0 Å². The number of aromatic hydroxyl groups is 1. The van der Waals surface area contributed by atoms with Crippen molar-refractivity contribution in [1.82, 2.24) is 20.9 Å². The number of likely N-dealkylation sites (N-methyl/N-ethyl adjacent to an activating group) is 1. The van der Waals surface area contributed by atoms with Crippen molar-refractivity contribution in [3.63, 3.8) is 0 Å². The van der Waals surface area contributed by atoms with E-state index in [2.05, 4.69) is 16.0 Å². The highest BCUT2D eigenvalue weighted by Crippen LogP contribution is 2.19. The summed E-state index contributed by atoms with van der Waals surface area (Å²) in [6.07, 6.45) is 0. The molecule has 0 bridgehead atoms. The molecule has 0 spiro atoms. The van der Waals surface area contributed by atoms with E-state index in [1.165, 1.54) is 41.7 Å². The highest BCUT2D eigenvalue weighted by molar-refractivity contribution is 7.12. The number of benzene rings is 2. The Morgan fingerprint density at radius 3 is 2.46 bits per heavy atom. The van der Waals surface area contributed by atoms with Crippen LogP contribution in [0.2, 0.25) is 5.02 Å². The Kier molecular flexibility index (Phi) is 10.9. The summed E-state index contributed by atoms with van der Waals surface area (Å²) < 4.78 is 5.28. The monoisotopic (exact) mass is 572 g/mol. The molecule has 1 atom stereocenters. The number of carbonyl (C=O) groups excluding carboxylic acids is 4. The molecule has 1 heterocycles. The number of nitrogens with one attached hydrogen (secondary N) is 3. The molecule has 0 aliphatic heterocycles. The second-order valence-corrected chi connectivity index (χ2v) is 10.1. The lowest BCUT2D eigenvalue weighted by Crippen LogP contribution is -2.49. The molecule has 39 heavy (non-hydrogen) atoms. The van der Waals surface area contributed by atoms with Crippen LogP contribution in [-0.4, -0.2) is 73.5 Å². The van der Waals surface area contributed by atoms with Gasteiger partial charge in [-0.3, -0.25) is 14.4 Å². The van der Waals surface area contributed by atoms with Gasteiger partial charge in [0.2, 0.25) is 0 Å². The first-order valence-electron chi connectivity index (χ1n) is 11.9. The van der Waals surface area contributed by atoms with Gasteiger partial charge in [0.05, 0.1) is 15.5 Å². The predicted molar refractivity (Wildman–Crippen MR) is 148 cm³/mol. The summed E-state index contributed by atoms with van der Waals surface area (Å²) in [6, 6.07) is 12.8. The predicted octanol–water partition coefficient (Wildman–Crippen LogP) is 2.67. The number of phenols is 1. The van der Waals surface area contributed by atoms with E-state index in [1.54, 1.807) is 29.6 Å². The third-order valence-electron chi connectivity index (χ3n) is 5.42. The van der Waals surface area contributed by atoms with Crippen molar-refractivity contribution in [2.45, 2.75) is 12.6 Å². The SMILES string of the molecule is CN(C)CCOC(=O)[C@H](CNC(=O)c1cccs1)NC(=O)c1ccc(C(=O)NCc2cccc(O)c2)cc1Cl. The standard InChI is InChI=1S/C27H29ClN4O6S/c1-32(2)10-11-38-27(37)22(16-30-26(36)23-7-4-12-39-23)31-25(35)20-9-8-18(14-21(20)28)24(34)29-15-17-5-3-6-19(33)13-17/h3-9,12-14,22,33H,10-11,15-16H2,1-2H3,(H,29,34)(H,30,36)(H,31,35)/t22-/m0/s1. The Labute approximate surface area is 234 Å². The van der Waals surface area contributed by atoms with Crippen molar-refractivity contribution in [3.8, 4) is 5.75 Å². The maximum absolute atomic E-state index is 13.0. The van der Waals surface area contributed by atoms with Gasteiger partial charge >= 0.3 is 5.97 Å². The fourth-order valence-corrected chi connectivity index (χ4v) is 4.25. The zero-order valence-corrected chi connectivity index (χ0v) is 23.0. The van der Waals surface area contributed by atoms with Gasteiger partial charge in [-0.2, -0.15) is 0 Å². The second kappa shape index (κ2) is 14.3. The molecule has 206 valence electrons. The number of hydrogen-bond donors (Lipinski definition) is 4. The number of hydrogen-bond acceptors (Lipinski definition) is 8. The normalized spacial score (nSPS) is 11.5. The molecule has 0 aliphatic rings. The van der Waals surface area contributed by atoms with Gasteiger partial charge in [0.25, 0.3) is 17.7 Å². The molecule has 0 radical (unpaired) electrons. The Hall–Kier alpha value is -3.93. The van der Waals surface area contributed by atoms with Crippen LogP contribution in [0.1, 0.15) is 36.0 Å². The van der Waals surface area contributed by atoms with Crippen molar-refractivity contribution < 1.29 is 29.0 Å². The average molecular weight is 573 g/mol. The summed E-state index contributed by atoms with van der Waals surface area (Å²) in [7, 11) is 3.65. The van der Waals surface area contributed by atoms with Crippen molar-refractivity contribution in [2.24, 2.45) is 0 Å². The van der Waals surface area contributed by atoms with Gasteiger partial charge in [-0.25, -0.2) is 4.79 Å². The van der Waals surface area contributed by atoms with Gasteiger partial charge in [-0.1, -0.05) is 29.8 Å². The van der Waals surface area contributed by atoms with Gasteiger partial charge in [0.15, 0.2) is 0 Å². The maximum atomic E-state index is 13.0. The Bertz CT molecular complexity index is 1320.